The summed E-state index contributed by atoms with van der Waals surface area (Å²) in [4.78, 5) is 12.8. The monoisotopic (exact) mass is 424 g/mol. The van der Waals surface area contributed by atoms with E-state index in [0.29, 0.717) is 12.1 Å². The SMILES string of the molecule is CCC(C)N(CCC(=O)Nc1ccc2ccccc2c1)S(=O)(=O)c1ccc(C)cc1. The van der Waals surface area contributed by atoms with Crippen molar-refractivity contribution in [1.82, 2.24) is 4.31 Å². The summed E-state index contributed by atoms with van der Waals surface area (Å²) in [7, 11) is -3.67. The molecule has 1 atom stereocenters. The van der Waals surface area contributed by atoms with Gasteiger partial charge >= 0.3 is 0 Å². The van der Waals surface area contributed by atoms with Crippen molar-refractivity contribution in [3.8, 4) is 0 Å². The third-order valence-electron chi connectivity index (χ3n) is 5.30. The van der Waals surface area contributed by atoms with Crippen LogP contribution in [0.5, 0.6) is 0 Å². The molecule has 0 aliphatic heterocycles. The molecular formula is C24H28N2O3S. The number of amides is 1. The number of benzene rings is 3. The molecule has 1 unspecified atom stereocenters. The Bertz CT molecular complexity index is 1120. The predicted octanol–water partition coefficient (Wildman–Crippen LogP) is 4.97. The Morgan fingerprint density at radius 2 is 1.67 bits per heavy atom. The summed E-state index contributed by atoms with van der Waals surface area (Å²) in [5.41, 5.74) is 1.70. The van der Waals surface area contributed by atoms with E-state index in [-0.39, 0.29) is 29.8 Å². The van der Waals surface area contributed by atoms with Crippen LogP contribution in [0.3, 0.4) is 0 Å². The maximum absolute atomic E-state index is 13.2. The highest BCUT2D eigenvalue weighted by Gasteiger charge is 2.28. The maximum atomic E-state index is 13.2. The van der Waals surface area contributed by atoms with Gasteiger partial charge in [0.25, 0.3) is 0 Å². The highest BCUT2D eigenvalue weighted by molar-refractivity contribution is 7.89. The first kappa shape index (κ1) is 22.0. The number of hydrogen-bond donors (Lipinski definition) is 1. The lowest BCUT2D eigenvalue weighted by Crippen LogP contribution is -2.40. The Morgan fingerprint density at radius 1 is 1.00 bits per heavy atom. The summed E-state index contributed by atoms with van der Waals surface area (Å²) in [6.07, 6.45) is 0.750. The first-order valence-corrected chi connectivity index (χ1v) is 11.6. The van der Waals surface area contributed by atoms with Crippen LogP contribution in [0.2, 0.25) is 0 Å². The van der Waals surface area contributed by atoms with Gasteiger partial charge in [-0.3, -0.25) is 4.79 Å². The summed E-state index contributed by atoms with van der Waals surface area (Å²) < 4.78 is 27.7. The van der Waals surface area contributed by atoms with Crippen molar-refractivity contribution in [1.29, 1.82) is 0 Å². The molecule has 0 aliphatic carbocycles. The van der Waals surface area contributed by atoms with Gasteiger partial charge in [0, 0.05) is 24.7 Å². The summed E-state index contributed by atoms with van der Waals surface area (Å²) in [5, 5.41) is 5.02. The summed E-state index contributed by atoms with van der Waals surface area (Å²) in [5.74, 6) is -0.210. The zero-order valence-electron chi connectivity index (χ0n) is 17.6. The molecule has 0 bridgehead atoms. The second-order valence-electron chi connectivity index (χ2n) is 7.55. The number of hydrogen-bond acceptors (Lipinski definition) is 3. The predicted molar refractivity (Wildman–Crippen MR) is 122 cm³/mol. The third kappa shape index (κ3) is 5.07. The minimum Gasteiger partial charge on any atom is -0.326 e. The molecule has 0 aliphatic rings. The maximum Gasteiger partial charge on any atom is 0.243 e. The molecule has 1 amide bonds. The van der Waals surface area contributed by atoms with E-state index in [4.69, 9.17) is 0 Å². The average molecular weight is 425 g/mol. The van der Waals surface area contributed by atoms with Crippen molar-refractivity contribution < 1.29 is 13.2 Å². The number of nitrogens with zero attached hydrogens (tertiary/aromatic N) is 1. The fraction of sp³-hybridized carbons (Fsp3) is 0.292. The summed E-state index contributed by atoms with van der Waals surface area (Å²) >= 11 is 0. The van der Waals surface area contributed by atoms with E-state index in [2.05, 4.69) is 5.32 Å². The highest BCUT2D eigenvalue weighted by atomic mass is 32.2. The van der Waals surface area contributed by atoms with Crippen LogP contribution >= 0.6 is 0 Å². The molecule has 158 valence electrons. The smallest absolute Gasteiger partial charge is 0.243 e. The fourth-order valence-corrected chi connectivity index (χ4v) is 5.03. The second-order valence-corrected chi connectivity index (χ2v) is 9.44. The van der Waals surface area contributed by atoms with Gasteiger partial charge in [-0.1, -0.05) is 55.0 Å². The lowest BCUT2D eigenvalue weighted by molar-refractivity contribution is -0.116. The Kier molecular flexibility index (Phi) is 6.90. The van der Waals surface area contributed by atoms with E-state index in [1.165, 1.54) is 4.31 Å². The van der Waals surface area contributed by atoms with Gasteiger partial charge in [-0.25, -0.2) is 8.42 Å². The van der Waals surface area contributed by atoms with E-state index in [0.717, 1.165) is 16.3 Å². The van der Waals surface area contributed by atoms with E-state index in [1.54, 1.807) is 24.3 Å². The normalized spacial score (nSPS) is 12.8. The van der Waals surface area contributed by atoms with Crippen LogP contribution in [0.15, 0.2) is 71.6 Å². The number of carbonyl (C=O) groups is 1. The Morgan fingerprint density at radius 3 is 2.33 bits per heavy atom. The molecule has 0 radical (unpaired) electrons. The average Bonchev–Trinajstić information content (AvgIpc) is 2.73. The molecule has 6 heteroatoms. The van der Waals surface area contributed by atoms with Crippen LogP contribution in [-0.4, -0.2) is 31.2 Å². The lowest BCUT2D eigenvalue weighted by atomic mass is 10.1. The molecule has 3 rings (SSSR count). The number of carbonyl (C=O) groups excluding carboxylic acids is 1. The van der Waals surface area contributed by atoms with Gasteiger partial charge in [0.1, 0.15) is 0 Å². The van der Waals surface area contributed by atoms with Crippen LogP contribution in [0.25, 0.3) is 10.8 Å². The molecule has 3 aromatic carbocycles. The van der Waals surface area contributed by atoms with E-state index in [9.17, 15) is 13.2 Å². The van der Waals surface area contributed by atoms with Gasteiger partial charge in [-0.05, 0) is 55.3 Å². The Balaban J connectivity index is 1.72. The van der Waals surface area contributed by atoms with Crippen molar-refractivity contribution in [3.05, 3.63) is 72.3 Å². The number of rotatable bonds is 8. The topological polar surface area (TPSA) is 66.5 Å². The second kappa shape index (κ2) is 9.41. The highest BCUT2D eigenvalue weighted by Crippen LogP contribution is 2.22. The molecule has 0 saturated carbocycles. The largest absolute Gasteiger partial charge is 0.326 e. The van der Waals surface area contributed by atoms with E-state index >= 15 is 0 Å². The molecular weight excluding hydrogens is 396 g/mol. The van der Waals surface area contributed by atoms with Crippen LogP contribution in [0.4, 0.5) is 5.69 Å². The molecule has 30 heavy (non-hydrogen) atoms. The number of nitrogens with one attached hydrogen (secondary N) is 1. The van der Waals surface area contributed by atoms with Crippen molar-refractivity contribution in [2.24, 2.45) is 0 Å². The third-order valence-corrected chi connectivity index (χ3v) is 7.33. The number of sulfonamides is 1. The zero-order chi connectivity index (χ0) is 21.7. The first-order chi connectivity index (χ1) is 14.3. The van der Waals surface area contributed by atoms with E-state index < -0.39 is 10.0 Å². The summed E-state index contributed by atoms with van der Waals surface area (Å²) in [6.45, 7) is 5.86. The number of fused-ring (bicyclic) bond motifs is 1. The van der Waals surface area contributed by atoms with Crippen LogP contribution in [-0.2, 0) is 14.8 Å². The molecule has 5 nitrogen and oxygen atoms in total. The van der Waals surface area contributed by atoms with Gasteiger partial charge in [0.05, 0.1) is 4.90 Å². The van der Waals surface area contributed by atoms with Gasteiger partial charge in [-0.2, -0.15) is 4.31 Å². The van der Waals surface area contributed by atoms with Gasteiger partial charge in [0.15, 0.2) is 0 Å². The van der Waals surface area contributed by atoms with Crippen molar-refractivity contribution in [3.63, 3.8) is 0 Å². The molecule has 1 N–H and O–H groups in total. The molecule has 0 heterocycles. The molecule has 0 aromatic heterocycles. The van der Waals surface area contributed by atoms with Crippen LogP contribution in [0, 0.1) is 6.92 Å². The number of anilines is 1. The van der Waals surface area contributed by atoms with Crippen molar-refractivity contribution in [2.75, 3.05) is 11.9 Å². The van der Waals surface area contributed by atoms with Crippen LogP contribution < -0.4 is 5.32 Å². The molecule has 0 saturated heterocycles. The molecule has 0 fully saturated rings. The van der Waals surface area contributed by atoms with E-state index in [1.807, 2.05) is 63.2 Å². The Hall–Kier alpha value is -2.70. The lowest BCUT2D eigenvalue weighted by Gasteiger charge is -2.27. The minimum atomic E-state index is -3.67. The molecule has 3 aromatic rings. The first-order valence-electron chi connectivity index (χ1n) is 10.2. The van der Waals surface area contributed by atoms with Gasteiger partial charge in [-0.15, -0.1) is 0 Å². The standard InChI is InChI=1S/C24H28N2O3S/c1-4-19(3)26(30(28,29)23-13-9-18(2)10-14-23)16-15-24(27)25-22-12-11-20-7-5-6-8-21(20)17-22/h5-14,17,19H,4,15-16H2,1-3H3,(H,25,27). The summed E-state index contributed by atoms with van der Waals surface area (Å²) in [6, 6.07) is 20.3. The zero-order valence-corrected chi connectivity index (χ0v) is 18.4. The van der Waals surface area contributed by atoms with Gasteiger partial charge in [0.2, 0.25) is 15.9 Å². The molecule has 0 spiro atoms. The van der Waals surface area contributed by atoms with Crippen molar-refractivity contribution in [2.45, 2.75) is 44.6 Å². The van der Waals surface area contributed by atoms with Crippen molar-refractivity contribution >= 4 is 32.4 Å². The fourth-order valence-electron chi connectivity index (χ4n) is 3.33. The Labute approximate surface area is 178 Å². The quantitative estimate of drug-likeness (QED) is 0.555. The number of aryl methyl sites for hydroxylation is 1. The van der Waals surface area contributed by atoms with Crippen LogP contribution in [0.1, 0.15) is 32.3 Å². The minimum absolute atomic E-state index is 0.0856. The van der Waals surface area contributed by atoms with Gasteiger partial charge < -0.3 is 5.32 Å².